The highest BCUT2D eigenvalue weighted by molar-refractivity contribution is 6.30. The molecule has 0 atom stereocenters. The summed E-state index contributed by atoms with van der Waals surface area (Å²) in [5.41, 5.74) is 1.52. The number of hydrogen-bond donors (Lipinski definition) is 1. The summed E-state index contributed by atoms with van der Waals surface area (Å²) < 4.78 is 6.15. The molecular formula is C17H13ClN2O3. The molecule has 0 saturated heterocycles. The second-order valence-electron chi connectivity index (χ2n) is 4.86. The maximum Gasteiger partial charge on any atom is 0.340 e. The number of anilines is 1. The summed E-state index contributed by atoms with van der Waals surface area (Å²) >= 11 is 5.91. The Hall–Kier alpha value is -2.79. The van der Waals surface area contributed by atoms with Crippen molar-refractivity contribution in [3.05, 3.63) is 65.3 Å². The summed E-state index contributed by atoms with van der Waals surface area (Å²) in [7, 11) is 1.31. The average Bonchev–Trinajstić information content (AvgIpc) is 2.94. The van der Waals surface area contributed by atoms with Gasteiger partial charge in [0.1, 0.15) is 0 Å². The van der Waals surface area contributed by atoms with Gasteiger partial charge in [0.25, 0.3) is 0 Å². The largest absolute Gasteiger partial charge is 0.465 e. The summed E-state index contributed by atoms with van der Waals surface area (Å²) in [6.45, 7) is 0. The second kappa shape index (κ2) is 6.14. The van der Waals surface area contributed by atoms with Gasteiger partial charge in [-0.05, 0) is 24.3 Å². The normalized spacial score (nSPS) is 10.5. The molecule has 3 aromatic rings. The van der Waals surface area contributed by atoms with Gasteiger partial charge in [0, 0.05) is 22.3 Å². The van der Waals surface area contributed by atoms with E-state index in [0.717, 1.165) is 0 Å². The number of nitrogens with zero attached hydrogens (tertiary/aromatic N) is 1. The number of benzene rings is 2. The lowest BCUT2D eigenvalue weighted by atomic mass is 10.2. The number of esters is 1. The van der Waals surface area contributed by atoms with Crippen molar-refractivity contribution in [3.63, 3.8) is 0 Å². The van der Waals surface area contributed by atoms with Crippen LogP contribution in [0.4, 0.5) is 10.5 Å². The van der Waals surface area contributed by atoms with Crippen LogP contribution in [0, 0.1) is 0 Å². The van der Waals surface area contributed by atoms with Crippen LogP contribution in [0.5, 0.6) is 0 Å². The molecule has 0 aliphatic carbocycles. The number of amides is 1. The van der Waals surface area contributed by atoms with Crippen molar-refractivity contribution in [2.24, 2.45) is 0 Å². The van der Waals surface area contributed by atoms with Crippen molar-refractivity contribution < 1.29 is 14.3 Å². The molecule has 0 fully saturated rings. The number of para-hydroxylation sites is 1. The van der Waals surface area contributed by atoms with Crippen LogP contribution < -0.4 is 5.32 Å². The minimum absolute atomic E-state index is 0.337. The zero-order valence-corrected chi connectivity index (χ0v) is 13.0. The third-order valence-electron chi connectivity index (χ3n) is 3.41. The number of carbonyl (C=O) groups excluding carboxylic acids is 2. The Morgan fingerprint density at radius 1 is 1.13 bits per heavy atom. The van der Waals surface area contributed by atoms with E-state index >= 15 is 0 Å². The van der Waals surface area contributed by atoms with Crippen molar-refractivity contribution in [2.75, 3.05) is 12.4 Å². The SMILES string of the molecule is COC(=O)c1cn(C(=O)Nc2cccc(Cl)c2)c2ccccc12. The van der Waals surface area contributed by atoms with Crippen LogP contribution >= 0.6 is 11.6 Å². The summed E-state index contributed by atoms with van der Waals surface area (Å²) in [4.78, 5) is 24.4. The molecule has 2 aromatic carbocycles. The highest BCUT2D eigenvalue weighted by Gasteiger charge is 2.18. The predicted octanol–water partition coefficient (Wildman–Crippen LogP) is 4.16. The minimum atomic E-state index is -0.490. The fraction of sp³-hybridized carbons (Fsp3) is 0.0588. The Morgan fingerprint density at radius 2 is 1.91 bits per heavy atom. The number of fused-ring (bicyclic) bond motifs is 1. The zero-order chi connectivity index (χ0) is 16.4. The quantitative estimate of drug-likeness (QED) is 0.718. The second-order valence-corrected chi connectivity index (χ2v) is 5.30. The first-order valence-corrected chi connectivity index (χ1v) is 7.23. The molecule has 0 aliphatic heterocycles. The van der Waals surface area contributed by atoms with Crippen LogP contribution in [0.25, 0.3) is 10.9 Å². The number of rotatable bonds is 2. The van der Waals surface area contributed by atoms with E-state index in [1.54, 1.807) is 48.5 Å². The predicted molar refractivity (Wildman–Crippen MR) is 89.1 cm³/mol. The molecule has 116 valence electrons. The summed E-state index contributed by atoms with van der Waals surface area (Å²) in [6, 6.07) is 13.6. The summed E-state index contributed by atoms with van der Waals surface area (Å²) in [5, 5.41) is 3.93. The summed E-state index contributed by atoms with van der Waals surface area (Å²) in [6.07, 6.45) is 1.47. The molecule has 1 amide bonds. The summed E-state index contributed by atoms with van der Waals surface area (Å²) in [5.74, 6) is -0.490. The highest BCUT2D eigenvalue weighted by Crippen LogP contribution is 2.23. The molecule has 0 spiro atoms. The van der Waals surface area contributed by atoms with Crippen molar-refractivity contribution in [2.45, 2.75) is 0 Å². The zero-order valence-electron chi connectivity index (χ0n) is 12.2. The van der Waals surface area contributed by atoms with E-state index in [2.05, 4.69) is 5.32 Å². The van der Waals surface area contributed by atoms with Gasteiger partial charge >= 0.3 is 12.0 Å². The molecule has 1 N–H and O–H groups in total. The van der Waals surface area contributed by atoms with E-state index in [1.165, 1.54) is 17.9 Å². The Labute approximate surface area is 137 Å². The van der Waals surface area contributed by atoms with Crippen LogP contribution in [0.15, 0.2) is 54.7 Å². The first-order valence-electron chi connectivity index (χ1n) is 6.85. The molecule has 0 bridgehead atoms. The van der Waals surface area contributed by atoms with Crippen LogP contribution in [0.2, 0.25) is 5.02 Å². The van der Waals surface area contributed by atoms with E-state index in [-0.39, 0.29) is 0 Å². The average molecular weight is 329 g/mol. The number of hydrogen-bond acceptors (Lipinski definition) is 3. The monoisotopic (exact) mass is 328 g/mol. The smallest absolute Gasteiger partial charge is 0.340 e. The molecule has 5 nitrogen and oxygen atoms in total. The molecule has 1 heterocycles. The lowest BCUT2D eigenvalue weighted by Crippen LogP contribution is -2.18. The number of carbonyl (C=O) groups is 2. The molecular weight excluding hydrogens is 316 g/mol. The highest BCUT2D eigenvalue weighted by atomic mass is 35.5. The van der Waals surface area contributed by atoms with Crippen molar-refractivity contribution in [1.82, 2.24) is 4.57 Å². The molecule has 1 aromatic heterocycles. The topological polar surface area (TPSA) is 60.3 Å². The number of halogens is 1. The minimum Gasteiger partial charge on any atom is -0.465 e. The Morgan fingerprint density at radius 3 is 2.65 bits per heavy atom. The molecule has 0 unspecified atom stereocenters. The Kier molecular flexibility index (Phi) is 4.04. The lowest BCUT2D eigenvalue weighted by Gasteiger charge is -2.07. The number of aromatic nitrogens is 1. The van der Waals surface area contributed by atoms with Gasteiger partial charge in [-0.2, -0.15) is 0 Å². The molecule has 0 radical (unpaired) electrons. The molecule has 0 aliphatic rings. The Balaban J connectivity index is 2.02. The van der Waals surface area contributed by atoms with Gasteiger partial charge in [0.2, 0.25) is 0 Å². The molecule has 23 heavy (non-hydrogen) atoms. The van der Waals surface area contributed by atoms with Gasteiger partial charge < -0.3 is 10.1 Å². The van der Waals surface area contributed by atoms with Gasteiger partial charge in [-0.1, -0.05) is 35.9 Å². The van der Waals surface area contributed by atoms with Gasteiger partial charge in [-0.25, -0.2) is 9.59 Å². The molecule has 3 rings (SSSR count). The Bertz CT molecular complexity index is 902. The van der Waals surface area contributed by atoms with E-state index in [9.17, 15) is 9.59 Å². The van der Waals surface area contributed by atoms with Crippen molar-refractivity contribution in [3.8, 4) is 0 Å². The number of ether oxygens (including phenoxy) is 1. The molecule has 6 heteroatoms. The fourth-order valence-corrected chi connectivity index (χ4v) is 2.56. The van der Waals surface area contributed by atoms with E-state index in [4.69, 9.17) is 16.3 Å². The third kappa shape index (κ3) is 2.91. The van der Waals surface area contributed by atoms with E-state index in [0.29, 0.717) is 27.2 Å². The van der Waals surface area contributed by atoms with Gasteiger partial charge in [0.05, 0.1) is 18.2 Å². The van der Waals surface area contributed by atoms with Gasteiger partial charge in [-0.15, -0.1) is 0 Å². The third-order valence-corrected chi connectivity index (χ3v) is 3.65. The van der Waals surface area contributed by atoms with Crippen molar-refractivity contribution in [1.29, 1.82) is 0 Å². The molecule has 0 saturated carbocycles. The first-order chi connectivity index (χ1) is 11.1. The van der Waals surface area contributed by atoms with Gasteiger partial charge in [0.15, 0.2) is 0 Å². The van der Waals surface area contributed by atoms with Crippen molar-refractivity contribution >= 4 is 40.2 Å². The van der Waals surface area contributed by atoms with Crippen LogP contribution in [-0.2, 0) is 4.74 Å². The van der Waals surface area contributed by atoms with E-state index < -0.39 is 12.0 Å². The first kappa shape index (κ1) is 15.1. The van der Waals surface area contributed by atoms with Crippen LogP contribution in [0.3, 0.4) is 0 Å². The number of methoxy groups -OCH3 is 1. The standard InChI is InChI=1S/C17H13ClN2O3/c1-23-16(21)14-10-20(15-8-3-2-7-13(14)15)17(22)19-12-6-4-5-11(18)9-12/h2-10H,1H3,(H,19,22). The number of nitrogens with one attached hydrogen (secondary N) is 1. The fourth-order valence-electron chi connectivity index (χ4n) is 2.37. The maximum absolute atomic E-state index is 12.5. The van der Waals surface area contributed by atoms with Crippen LogP contribution in [0.1, 0.15) is 10.4 Å². The van der Waals surface area contributed by atoms with Gasteiger partial charge in [-0.3, -0.25) is 4.57 Å². The van der Waals surface area contributed by atoms with E-state index in [1.807, 2.05) is 0 Å². The maximum atomic E-state index is 12.5. The van der Waals surface area contributed by atoms with Crippen LogP contribution in [-0.4, -0.2) is 23.7 Å². The lowest BCUT2D eigenvalue weighted by molar-refractivity contribution is 0.0603.